The molecule has 1 saturated carbocycles. The van der Waals surface area contributed by atoms with Crippen LogP contribution in [0.25, 0.3) is 11.1 Å². The third-order valence-electron chi connectivity index (χ3n) is 4.53. The molecule has 0 amide bonds. The van der Waals surface area contributed by atoms with E-state index in [1.165, 1.54) is 24.8 Å². The predicted molar refractivity (Wildman–Crippen MR) is 79.4 cm³/mol. The number of hydrogen-bond donors (Lipinski definition) is 2. The van der Waals surface area contributed by atoms with Gasteiger partial charge in [0.2, 0.25) is 0 Å². The van der Waals surface area contributed by atoms with Gasteiger partial charge in [0, 0.05) is 18.2 Å². The number of aryl methyl sites for hydroxylation is 1. The Hall–Kier alpha value is -1.97. The summed E-state index contributed by atoms with van der Waals surface area (Å²) in [4.78, 5) is 4.47. The lowest BCUT2D eigenvalue weighted by molar-refractivity contribution is 0.250. The molecule has 2 aliphatic rings. The fraction of sp³-hybridized carbons (Fsp3) is 0.438. The summed E-state index contributed by atoms with van der Waals surface area (Å²) in [6.45, 7) is 5.98. The van der Waals surface area contributed by atoms with E-state index in [9.17, 15) is 0 Å². The molecule has 0 unspecified atom stereocenters. The van der Waals surface area contributed by atoms with Crippen LogP contribution in [0.15, 0.2) is 28.9 Å². The molecule has 1 aromatic heterocycles. The molecule has 0 atom stereocenters. The van der Waals surface area contributed by atoms with E-state index < -0.39 is 0 Å². The Labute approximate surface area is 118 Å². The maximum atomic E-state index is 5.91. The van der Waals surface area contributed by atoms with E-state index in [1.54, 1.807) is 0 Å². The topological polar surface area (TPSA) is 50.1 Å². The van der Waals surface area contributed by atoms with Gasteiger partial charge in [-0.05, 0) is 25.0 Å². The number of nitrogens with zero attached hydrogens (tertiary/aromatic N) is 1. The molecular formula is C16H19N3O. The maximum Gasteiger partial charge on any atom is 0.192 e. The standard InChI is InChI=1S/C16H19N3O/c1-10-17-12-6-7-13-15(20-11(2)18-13)14(12)16(19-10)8-4-3-5-9-16/h6-7,17,19H,1,3-5,8-9H2,2H3. The smallest absolute Gasteiger partial charge is 0.192 e. The van der Waals surface area contributed by atoms with E-state index in [2.05, 4.69) is 28.3 Å². The third kappa shape index (κ3) is 1.57. The number of fused-ring (bicyclic) bond motifs is 4. The van der Waals surface area contributed by atoms with E-state index in [-0.39, 0.29) is 5.54 Å². The van der Waals surface area contributed by atoms with Crippen LogP contribution in [0.4, 0.5) is 5.69 Å². The molecule has 2 aromatic rings. The molecule has 0 bridgehead atoms. The second kappa shape index (κ2) is 4.01. The van der Waals surface area contributed by atoms with E-state index in [4.69, 9.17) is 4.42 Å². The monoisotopic (exact) mass is 269 g/mol. The van der Waals surface area contributed by atoms with Crippen molar-refractivity contribution in [2.24, 2.45) is 0 Å². The van der Waals surface area contributed by atoms with Gasteiger partial charge in [0.25, 0.3) is 0 Å². The average molecular weight is 269 g/mol. The summed E-state index contributed by atoms with van der Waals surface area (Å²) in [7, 11) is 0. The third-order valence-corrected chi connectivity index (χ3v) is 4.53. The fourth-order valence-corrected chi connectivity index (χ4v) is 3.76. The normalized spacial score (nSPS) is 20.6. The van der Waals surface area contributed by atoms with Crippen molar-refractivity contribution < 1.29 is 4.42 Å². The molecule has 0 radical (unpaired) electrons. The van der Waals surface area contributed by atoms with Gasteiger partial charge in [0.05, 0.1) is 11.4 Å². The zero-order chi connectivity index (χ0) is 13.7. The van der Waals surface area contributed by atoms with Gasteiger partial charge in [0.15, 0.2) is 11.5 Å². The summed E-state index contributed by atoms with van der Waals surface area (Å²) < 4.78 is 5.91. The van der Waals surface area contributed by atoms with Gasteiger partial charge in [-0.15, -0.1) is 0 Å². The van der Waals surface area contributed by atoms with Crippen molar-refractivity contribution in [1.29, 1.82) is 0 Å². The summed E-state index contributed by atoms with van der Waals surface area (Å²) in [5.74, 6) is 1.61. The number of anilines is 1. The molecule has 4 heteroatoms. The molecule has 4 nitrogen and oxygen atoms in total. The van der Waals surface area contributed by atoms with Gasteiger partial charge < -0.3 is 15.1 Å². The van der Waals surface area contributed by atoms with Crippen molar-refractivity contribution in [3.8, 4) is 0 Å². The van der Waals surface area contributed by atoms with Crippen LogP contribution >= 0.6 is 0 Å². The molecule has 104 valence electrons. The van der Waals surface area contributed by atoms with Crippen LogP contribution in [-0.4, -0.2) is 4.98 Å². The van der Waals surface area contributed by atoms with Crippen molar-refractivity contribution in [1.82, 2.24) is 10.3 Å². The summed E-state index contributed by atoms with van der Waals surface area (Å²) in [6, 6.07) is 4.12. The zero-order valence-electron chi connectivity index (χ0n) is 11.8. The van der Waals surface area contributed by atoms with Crippen LogP contribution < -0.4 is 10.6 Å². The van der Waals surface area contributed by atoms with E-state index in [0.717, 1.165) is 41.3 Å². The lowest BCUT2D eigenvalue weighted by Crippen LogP contribution is -2.48. The molecular weight excluding hydrogens is 250 g/mol. The number of rotatable bonds is 0. The van der Waals surface area contributed by atoms with Gasteiger partial charge in [-0.2, -0.15) is 0 Å². The highest BCUT2D eigenvalue weighted by molar-refractivity contribution is 5.85. The average Bonchev–Trinajstić information content (AvgIpc) is 2.79. The summed E-state index contributed by atoms with van der Waals surface area (Å²) in [6.07, 6.45) is 6.04. The van der Waals surface area contributed by atoms with Crippen LogP contribution in [0, 0.1) is 6.92 Å². The Bertz CT molecular complexity index is 695. The number of nitrogens with one attached hydrogen (secondary N) is 2. The predicted octanol–water partition coefficient (Wildman–Crippen LogP) is 3.78. The Morgan fingerprint density at radius 2 is 2.05 bits per heavy atom. The quantitative estimate of drug-likeness (QED) is 0.764. The summed E-state index contributed by atoms with van der Waals surface area (Å²) >= 11 is 0. The largest absolute Gasteiger partial charge is 0.441 e. The Balaban J connectivity index is 2.01. The Morgan fingerprint density at radius 1 is 1.25 bits per heavy atom. The van der Waals surface area contributed by atoms with Crippen LogP contribution in [0.2, 0.25) is 0 Å². The number of hydrogen-bond acceptors (Lipinski definition) is 4. The first-order valence-corrected chi connectivity index (χ1v) is 7.33. The van der Waals surface area contributed by atoms with Gasteiger partial charge in [-0.1, -0.05) is 25.8 Å². The van der Waals surface area contributed by atoms with Gasteiger partial charge in [-0.25, -0.2) is 4.98 Å². The van der Waals surface area contributed by atoms with E-state index in [1.807, 2.05) is 13.0 Å². The van der Waals surface area contributed by atoms with Crippen molar-refractivity contribution in [2.75, 3.05) is 5.32 Å². The first kappa shape index (κ1) is 11.8. The lowest BCUT2D eigenvalue weighted by Gasteiger charge is -2.44. The van der Waals surface area contributed by atoms with Crippen LogP contribution in [0.3, 0.4) is 0 Å². The van der Waals surface area contributed by atoms with Crippen molar-refractivity contribution >= 4 is 16.8 Å². The minimum atomic E-state index is -0.0403. The van der Waals surface area contributed by atoms with Crippen LogP contribution in [-0.2, 0) is 5.54 Å². The highest BCUT2D eigenvalue weighted by Crippen LogP contribution is 2.46. The molecule has 1 aliphatic heterocycles. The highest BCUT2D eigenvalue weighted by Gasteiger charge is 2.41. The van der Waals surface area contributed by atoms with Crippen LogP contribution in [0.5, 0.6) is 0 Å². The molecule has 1 spiro atoms. The lowest BCUT2D eigenvalue weighted by atomic mass is 9.74. The molecule has 2 N–H and O–H groups in total. The first-order valence-electron chi connectivity index (χ1n) is 7.33. The molecule has 4 rings (SSSR count). The fourth-order valence-electron chi connectivity index (χ4n) is 3.76. The number of aromatic nitrogens is 1. The molecule has 0 saturated heterocycles. The summed E-state index contributed by atoms with van der Waals surface area (Å²) in [5.41, 5.74) is 4.18. The minimum Gasteiger partial charge on any atom is -0.441 e. The Morgan fingerprint density at radius 3 is 2.85 bits per heavy atom. The first-order chi connectivity index (χ1) is 9.68. The van der Waals surface area contributed by atoms with Crippen molar-refractivity contribution in [3.63, 3.8) is 0 Å². The Kier molecular flexibility index (Phi) is 2.37. The maximum absolute atomic E-state index is 5.91. The van der Waals surface area contributed by atoms with Crippen molar-refractivity contribution in [3.05, 3.63) is 36.0 Å². The SMILES string of the molecule is C=C1Nc2ccc3nc(C)oc3c2C2(CCCCC2)N1. The highest BCUT2D eigenvalue weighted by atomic mass is 16.3. The van der Waals surface area contributed by atoms with Crippen molar-refractivity contribution in [2.45, 2.75) is 44.6 Å². The van der Waals surface area contributed by atoms with Crippen LogP contribution in [0.1, 0.15) is 43.6 Å². The molecule has 20 heavy (non-hydrogen) atoms. The minimum absolute atomic E-state index is 0.0403. The van der Waals surface area contributed by atoms with Gasteiger partial charge >= 0.3 is 0 Å². The summed E-state index contributed by atoms with van der Waals surface area (Å²) in [5, 5.41) is 6.94. The zero-order valence-corrected chi connectivity index (χ0v) is 11.8. The molecule has 1 fully saturated rings. The molecule has 1 aromatic carbocycles. The van der Waals surface area contributed by atoms with Gasteiger partial charge in [0.1, 0.15) is 5.52 Å². The second-order valence-corrected chi connectivity index (χ2v) is 5.94. The van der Waals surface area contributed by atoms with E-state index >= 15 is 0 Å². The molecule has 2 heterocycles. The van der Waals surface area contributed by atoms with E-state index in [0.29, 0.717) is 0 Å². The number of oxazole rings is 1. The number of benzene rings is 1. The van der Waals surface area contributed by atoms with Gasteiger partial charge in [-0.3, -0.25) is 0 Å². The second-order valence-electron chi connectivity index (χ2n) is 5.94. The molecule has 1 aliphatic carbocycles.